The maximum absolute atomic E-state index is 12.5. The zero-order valence-electron chi connectivity index (χ0n) is 14.0. The molecule has 1 aliphatic rings. The van der Waals surface area contributed by atoms with E-state index in [9.17, 15) is 9.59 Å². The van der Waals surface area contributed by atoms with Gasteiger partial charge in [0.2, 0.25) is 5.84 Å². The minimum absolute atomic E-state index is 0.0742. The quantitative estimate of drug-likeness (QED) is 0.871. The summed E-state index contributed by atoms with van der Waals surface area (Å²) >= 11 is 0. The van der Waals surface area contributed by atoms with Crippen LogP contribution in [0.25, 0.3) is 0 Å². The Kier molecular flexibility index (Phi) is 5.36. The fourth-order valence-corrected chi connectivity index (χ4v) is 2.48. The molecule has 0 unspecified atom stereocenters. The van der Waals surface area contributed by atoms with Crippen molar-refractivity contribution in [2.75, 3.05) is 5.01 Å². The van der Waals surface area contributed by atoms with Crippen molar-refractivity contribution in [1.82, 2.24) is 10.7 Å². The van der Waals surface area contributed by atoms with E-state index in [1.165, 1.54) is 5.01 Å². The summed E-state index contributed by atoms with van der Waals surface area (Å²) in [4.78, 5) is 29.0. The van der Waals surface area contributed by atoms with Crippen LogP contribution in [0.3, 0.4) is 0 Å². The predicted octanol–water partition coefficient (Wildman–Crippen LogP) is 1.88. The highest BCUT2D eigenvalue weighted by Crippen LogP contribution is 2.16. The number of rotatable bonds is 5. The van der Waals surface area contributed by atoms with Crippen LogP contribution in [-0.4, -0.2) is 29.7 Å². The van der Waals surface area contributed by atoms with Gasteiger partial charge in [-0.15, -0.1) is 0 Å². The summed E-state index contributed by atoms with van der Waals surface area (Å²) in [5.74, 6) is 0.0203. The first-order valence-corrected chi connectivity index (χ1v) is 7.98. The van der Waals surface area contributed by atoms with Gasteiger partial charge in [0.25, 0.3) is 11.8 Å². The summed E-state index contributed by atoms with van der Waals surface area (Å²) < 4.78 is 0. The van der Waals surface area contributed by atoms with Gasteiger partial charge in [-0.3, -0.25) is 15.0 Å². The first kappa shape index (κ1) is 17.0. The van der Waals surface area contributed by atoms with E-state index in [1.807, 2.05) is 25.1 Å². The van der Waals surface area contributed by atoms with E-state index in [-0.39, 0.29) is 23.7 Å². The Morgan fingerprint density at radius 3 is 2.57 bits per heavy atom. The van der Waals surface area contributed by atoms with E-state index in [4.69, 9.17) is 0 Å². The fourth-order valence-electron chi connectivity index (χ4n) is 2.48. The highest BCUT2D eigenvalue weighted by atomic mass is 16.2. The lowest BCUT2D eigenvalue weighted by atomic mass is 10.0. The van der Waals surface area contributed by atoms with Crippen molar-refractivity contribution in [3.05, 3.63) is 30.3 Å². The van der Waals surface area contributed by atoms with Gasteiger partial charge in [-0.05, 0) is 31.4 Å². The number of hydrogen-bond acceptors (Lipinski definition) is 4. The molecule has 0 saturated heterocycles. The average Bonchev–Trinajstić information content (AvgIpc) is 2.55. The van der Waals surface area contributed by atoms with E-state index in [2.05, 4.69) is 29.6 Å². The number of aliphatic imine (C=N–C) groups is 1. The summed E-state index contributed by atoms with van der Waals surface area (Å²) in [5.41, 5.74) is 3.52. The molecule has 124 valence electrons. The van der Waals surface area contributed by atoms with Crippen molar-refractivity contribution in [3.63, 3.8) is 0 Å². The molecular formula is C17H24N4O2. The highest BCUT2D eigenvalue weighted by Gasteiger charge is 2.31. The minimum Gasteiger partial charge on any atom is -0.346 e. The van der Waals surface area contributed by atoms with Crippen molar-refractivity contribution in [3.8, 4) is 0 Å². The Balaban J connectivity index is 2.18. The Labute approximate surface area is 136 Å². The van der Waals surface area contributed by atoms with Gasteiger partial charge in [0.05, 0.1) is 5.69 Å². The highest BCUT2D eigenvalue weighted by molar-refractivity contribution is 6.39. The Bertz CT molecular complexity index is 598. The van der Waals surface area contributed by atoms with Gasteiger partial charge < -0.3 is 5.32 Å². The van der Waals surface area contributed by atoms with E-state index in [1.54, 1.807) is 19.1 Å². The maximum Gasteiger partial charge on any atom is 0.288 e. The summed E-state index contributed by atoms with van der Waals surface area (Å²) in [6.45, 7) is 7.84. The Morgan fingerprint density at radius 1 is 1.35 bits per heavy atom. The molecule has 0 aliphatic carbocycles. The molecule has 0 spiro atoms. The number of carbonyl (C=O) groups excluding carboxylic acids is 2. The summed E-state index contributed by atoms with van der Waals surface area (Å²) in [6.07, 6.45) is 0.841. The van der Waals surface area contributed by atoms with Crippen LogP contribution in [-0.2, 0) is 9.59 Å². The Hall–Kier alpha value is -2.37. The standard InChI is InChI=1S/C17H24N4O2/c1-5-14(11(2)3)19-16(22)15-18-12(4)17(23)21(20-15)13-9-7-6-8-10-13/h6-12,14H,5H2,1-4H3,(H,18,20)(H,19,22)/t12-,14+/m1/s1. The van der Waals surface area contributed by atoms with Crippen molar-refractivity contribution in [2.45, 2.75) is 46.2 Å². The largest absolute Gasteiger partial charge is 0.346 e. The zero-order valence-corrected chi connectivity index (χ0v) is 14.0. The van der Waals surface area contributed by atoms with Gasteiger partial charge in [0, 0.05) is 6.04 Å². The first-order valence-electron chi connectivity index (χ1n) is 7.98. The smallest absolute Gasteiger partial charge is 0.288 e. The molecule has 2 atom stereocenters. The molecule has 0 radical (unpaired) electrons. The van der Waals surface area contributed by atoms with Crippen LogP contribution in [0.1, 0.15) is 34.1 Å². The molecule has 0 saturated carbocycles. The van der Waals surface area contributed by atoms with Crippen LogP contribution in [0.5, 0.6) is 0 Å². The molecule has 2 rings (SSSR count). The SMILES string of the molecule is CC[C@H](NC(=O)C1=N[C@H](C)C(=O)N(c2ccccc2)N1)C(C)C. The lowest BCUT2D eigenvalue weighted by Crippen LogP contribution is -2.59. The second kappa shape index (κ2) is 7.26. The number of benzene rings is 1. The second-order valence-electron chi connectivity index (χ2n) is 6.01. The number of hydrogen-bond donors (Lipinski definition) is 2. The number of carbonyl (C=O) groups is 2. The number of amidine groups is 1. The van der Waals surface area contributed by atoms with Gasteiger partial charge in [-0.1, -0.05) is 39.0 Å². The molecule has 1 aromatic carbocycles. The normalized spacial score (nSPS) is 19.2. The van der Waals surface area contributed by atoms with Crippen LogP contribution in [0.4, 0.5) is 5.69 Å². The van der Waals surface area contributed by atoms with Gasteiger partial charge >= 0.3 is 0 Å². The van der Waals surface area contributed by atoms with Gasteiger partial charge in [-0.25, -0.2) is 10.0 Å². The zero-order chi connectivity index (χ0) is 17.0. The lowest BCUT2D eigenvalue weighted by molar-refractivity contribution is -0.120. The molecule has 0 aromatic heterocycles. The summed E-state index contributed by atoms with van der Waals surface area (Å²) in [7, 11) is 0. The van der Waals surface area contributed by atoms with Crippen molar-refractivity contribution >= 4 is 23.3 Å². The lowest BCUT2D eigenvalue weighted by Gasteiger charge is -2.31. The number of para-hydroxylation sites is 1. The van der Waals surface area contributed by atoms with Crippen LogP contribution in [0.15, 0.2) is 35.3 Å². The third-order valence-electron chi connectivity index (χ3n) is 3.91. The third-order valence-corrected chi connectivity index (χ3v) is 3.91. The molecule has 1 aromatic rings. The molecular weight excluding hydrogens is 292 g/mol. The van der Waals surface area contributed by atoms with E-state index in [0.717, 1.165) is 6.42 Å². The topological polar surface area (TPSA) is 73.8 Å². The number of nitrogens with zero attached hydrogens (tertiary/aromatic N) is 2. The summed E-state index contributed by atoms with van der Waals surface area (Å²) in [5, 5.41) is 4.35. The third kappa shape index (κ3) is 3.88. The van der Waals surface area contributed by atoms with Gasteiger partial charge in [0.15, 0.2) is 0 Å². The number of nitrogens with one attached hydrogen (secondary N) is 2. The molecule has 1 heterocycles. The predicted molar refractivity (Wildman–Crippen MR) is 91.0 cm³/mol. The Morgan fingerprint density at radius 2 is 2.00 bits per heavy atom. The van der Waals surface area contributed by atoms with Gasteiger partial charge in [-0.2, -0.15) is 0 Å². The van der Waals surface area contributed by atoms with E-state index in [0.29, 0.717) is 11.6 Å². The van der Waals surface area contributed by atoms with Gasteiger partial charge in [0.1, 0.15) is 6.04 Å². The number of anilines is 1. The van der Waals surface area contributed by atoms with Crippen LogP contribution in [0.2, 0.25) is 0 Å². The molecule has 23 heavy (non-hydrogen) atoms. The molecule has 6 heteroatoms. The minimum atomic E-state index is -0.601. The second-order valence-corrected chi connectivity index (χ2v) is 6.01. The molecule has 2 N–H and O–H groups in total. The van der Waals surface area contributed by atoms with E-state index < -0.39 is 6.04 Å². The molecule has 0 fully saturated rings. The number of hydrazine groups is 1. The van der Waals surface area contributed by atoms with Crippen LogP contribution >= 0.6 is 0 Å². The van der Waals surface area contributed by atoms with Crippen molar-refractivity contribution in [1.29, 1.82) is 0 Å². The first-order chi connectivity index (χ1) is 10.9. The molecule has 2 amide bonds. The summed E-state index contributed by atoms with van der Waals surface area (Å²) in [6, 6.07) is 8.64. The van der Waals surface area contributed by atoms with Crippen LogP contribution < -0.4 is 15.8 Å². The fraction of sp³-hybridized carbons (Fsp3) is 0.471. The molecule has 1 aliphatic heterocycles. The monoisotopic (exact) mass is 316 g/mol. The van der Waals surface area contributed by atoms with Crippen molar-refractivity contribution < 1.29 is 9.59 Å². The average molecular weight is 316 g/mol. The van der Waals surface area contributed by atoms with Crippen molar-refractivity contribution in [2.24, 2.45) is 10.9 Å². The maximum atomic E-state index is 12.5. The molecule has 0 bridgehead atoms. The number of amides is 2. The van der Waals surface area contributed by atoms with E-state index >= 15 is 0 Å². The van der Waals surface area contributed by atoms with Crippen LogP contribution in [0, 0.1) is 5.92 Å². The molecule has 6 nitrogen and oxygen atoms in total.